The molecule has 13 heavy (non-hydrogen) atoms. The maximum absolute atomic E-state index is 4.38. The monoisotopic (exact) mass is 253 g/mol. The molecule has 66 valence electrons. The van der Waals surface area contributed by atoms with Crippen LogP contribution in [-0.4, -0.2) is 4.98 Å². The molecular weight excluding hydrogens is 246 g/mol. The zero-order chi connectivity index (χ0) is 9.26. The lowest BCUT2D eigenvalue weighted by atomic mass is 10.2. The van der Waals surface area contributed by atoms with Crippen molar-refractivity contribution in [2.75, 3.05) is 0 Å². The van der Waals surface area contributed by atoms with Crippen LogP contribution in [0.2, 0.25) is 0 Å². The van der Waals surface area contributed by atoms with Crippen LogP contribution in [0.3, 0.4) is 0 Å². The molecule has 0 spiro atoms. The van der Waals surface area contributed by atoms with Crippen molar-refractivity contribution in [2.24, 2.45) is 0 Å². The maximum atomic E-state index is 4.38. The van der Waals surface area contributed by atoms with Gasteiger partial charge < -0.3 is 0 Å². The van der Waals surface area contributed by atoms with Crippen LogP contribution in [0.25, 0.3) is 11.3 Å². The quantitative estimate of drug-likeness (QED) is 0.704. The Morgan fingerprint density at radius 3 is 2.85 bits per heavy atom. The molecule has 0 aliphatic carbocycles. The van der Waals surface area contributed by atoms with Crippen molar-refractivity contribution >= 4 is 27.3 Å². The van der Waals surface area contributed by atoms with E-state index < -0.39 is 0 Å². The van der Waals surface area contributed by atoms with Gasteiger partial charge in [-0.1, -0.05) is 6.07 Å². The molecule has 1 nitrogen and oxygen atoms in total. The molecule has 0 unspecified atom stereocenters. The van der Waals surface area contributed by atoms with Gasteiger partial charge in [0.05, 0.1) is 5.69 Å². The van der Waals surface area contributed by atoms with Crippen LogP contribution in [0.4, 0.5) is 0 Å². The van der Waals surface area contributed by atoms with Crippen molar-refractivity contribution in [3.8, 4) is 11.3 Å². The fourth-order valence-electron chi connectivity index (χ4n) is 1.15. The topological polar surface area (TPSA) is 12.9 Å². The van der Waals surface area contributed by atoms with E-state index in [0.717, 1.165) is 10.3 Å². The SMILES string of the molecule is Cc1cc(-c2cccc(Br)n2)cs1. The molecule has 0 bridgehead atoms. The van der Waals surface area contributed by atoms with Gasteiger partial charge in [0.1, 0.15) is 4.60 Å². The minimum Gasteiger partial charge on any atom is -0.241 e. The summed E-state index contributed by atoms with van der Waals surface area (Å²) in [5, 5.41) is 2.13. The van der Waals surface area contributed by atoms with Crippen LogP contribution in [0, 0.1) is 6.92 Å². The summed E-state index contributed by atoms with van der Waals surface area (Å²) >= 11 is 5.11. The Balaban J connectivity index is 2.46. The Morgan fingerprint density at radius 1 is 1.38 bits per heavy atom. The molecule has 0 aromatic carbocycles. The summed E-state index contributed by atoms with van der Waals surface area (Å²) < 4.78 is 0.883. The average molecular weight is 254 g/mol. The van der Waals surface area contributed by atoms with Gasteiger partial charge in [-0.15, -0.1) is 11.3 Å². The highest BCUT2D eigenvalue weighted by atomic mass is 79.9. The Hall–Kier alpha value is -0.670. The van der Waals surface area contributed by atoms with Gasteiger partial charge in [-0.2, -0.15) is 0 Å². The van der Waals surface area contributed by atoms with E-state index in [1.54, 1.807) is 11.3 Å². The van der Waals surface area contributed by atoms with Crippen LogP contribution < -0.4 is 0 Å². The van der Waals surface area contributed by atoms with Gasteiger partial charge in [0, 0.05) is 15.8 Å². The third kappa shape index (κ3) is 1.98. The van der Waals surface area contributed by atoms with Gasteiger partial charge in [0.2, 0.25) is 0 Å². The average Bonchev–Trinajstić information content (AvgIpc) is 2.52. The van der Waals surface area contributed by atoms with E-state index in [2.05, 4.69) is 39.3 Å². The molecule has 0 atom stereocenters. The third-order valence-corrected chi connectivity index (χ3v) is 3.04. The van der Waals surface area contributed by atoms with Crippen LogP contribution in [0.5, 0.6) is 0 Å². The van der Waals surface area contributed by atoms with Crippen LogP contribution in [-0.2, 0) is 0 Å². The normalized spacial score (nSPS) is 10.3. The minimum atomic E-state index is 0.883. The van der Waals surface area contributed by atoms with Gasteiger partial charge in [-0.25, -0.2) is 4.98 Å². The smallest absolute Gasteiger partial charge is 0.106 e. The van der Waals surface area contributed by atoms with Crippen molar-refractivity contribution in [3.63, 3.8) is 0 Å². The lowest BCUT2D eigenvalue weighted by Gasteiger charge is -1.96. The van der Waals surface area contributed by atoms with E-state index >= 15 is 0 Å². The first kappa shape index (κ1) is 8.91. The summed E-state index contributed by atoms with van der Waals surface area (Å²) in [4.78, 5) is 5.70. The van der Waals surface area contributed by atoms with Gasteiger partial charge in [-0.3, -0.25) is 0 Å². The Bertz CT molecular complexity index is 422. The number of halogens is 1. The molecule has 0 saturated carbocycles. The molecule has 2 aromatic heterocycles. The molecule has 2 rings (SSSR count). The number of nitrogens with zero attached hydrogens (tertiary/aromatic N) is 1. The lowest BCUT2D eigenvalue weighted by Crippen LogP contribution is -1.80. The molecule has 0 aliphatic heterocycles. The van der Waals surface area contributed by atoms with Gasteiger partial charge in [-0.05, 0) is 41.1 Å². The molecule has 2 heterocycles. The fourth-order valence-corrected chi connectivity index (χ4v) is 2.19. The van der Waals surface area contributed by atoms with E-state index in [1.807, 2.05) is 18.2 Å². The summed E-state index contributed by atoms with van der Waals surface area (Å²) in [6, 6.07) is 8.10. The highest BCUT2D eigenvalue weighted by molar-refractivity contribution is 9.10. The molecule has 0 aliphatic rings. The van der Waals surface area contributed by atoms with E-state index in [-0.39, 0.29) is 0 Å². The first-order chi connectivity index (χ1) is 6.25. The van der Waals surface area contributed by atoms with Crippen LogP contribution in [0.15, 0.2) is 34.2 Å². The summed E-state index contributed by atoms with van der Waals surface area (Å²) in [6.45, 7) is 2.10. The molecule has 0 N–H and O–H groups in total. The number of aryl methyl sites for hydroxylation is 1. The summed E-state index contributed by atoms with van der Waals surface area (Å²) in [5.41, 5.74) is 2.22. The largest absolute Gasteiger partial charge is 0.241 e. The third-order valence-electron chi connectivity index (χ3n) is 1.74. The van der Waals surface area contributed by atoms with Crippen molar-refractivity contribution in [3.05, 3.63) is 39.1 Å². The number of hydrogen-bond donors (Lipinski definition) is 0. The van der Waals surface area contributed by atoms with Crippen LogP contribution >= 0.6 is 27.3 Å². The van der Waals surface area contributed by atoms with E-state index in [1.165, 1.54) is 10.4 Å². The molecular formula is C10H8BrNS. The summed E-state index contributed by atoms with van der Waals surface area (Å²) in [7, 11) is 0. The number of rotatable bonds is 1. The number of thiophene rings is 1. The van der Waals surface area contributed by atoms with E-state index in [9.17, 15) is 0 Å². The molecule has 3 heteroatoms. The predicted molar refractivity (Wildman–Crippen MR) is 60.0 cm³/mol. The van der Waals surface area contributed by atoms with Gasteiger partial charge in [0.15, 0.2) is 0 Å². The maximum Gasteiger partial charge on any atom is 0.106 e. The van der Waals surface area contributed by atoms with Crippen molar-refractivity contribution in [1.29, 1.82) is 0 Å². The van der Waals surface area contributed by atoms with Crippen molar-refractivity contribution in [1.82, 2.24) is 4.98 Å². The lowest BCUT2D eigenvalue weighted by molar-refractivity contribution is 1.28. The standard InChI is InChI=1S/C10H8BrNS/c1-7-5-8(6-13-7)9-3-2-4-10(11)12-9/h2-6H,1H3. The first-order valence-corrected chi connectivity index (χ1v) is 5.61. The van der Waals surface area contributed by atoms with Gasteiger partial charge in [0.25, 0.3) is 0 Å². The molecule has 0 radical (unpaired) electrons. The second-order valence-electron chi connectivity index (χ2n) is 2.79. The zero-order valence-corrected chi connectivity index (χ0v) is 9.52. The van der Waals surface area contributed by atoms with Gasteiger partial charge >= 0.3 is 0 Å². The van der Waals surface area contributed by atoms with E-state index in [4.69, 9.17) is 0 Å². The van der Waals surface area contributed by atoms with E-state index in [0.29, 0.717) is 0 Å². The second kappa shape index (κ2) is 3.60. The Labute approximate surface area is 89.6 Å². The Morgan fingerprint density at radius 2 is 2.23 bits per heavy atom. The first-order valence-electron chi connectivity index (χ1n) is 3.94. The fraction of sp³-hybridized carbons (Fsp3) is 0.100. The highest BCUT2D eigenvalue weighted by Crippen LogP contribution is 2.24. The van der Waals surface area contributed by atoms with Crippen molar-refractivity contribution < 1.29 is 0 Å². The van der Waals surface area contributed by atoms with Crippen LogP contribution in [0.1, 0.15) is 4.88 Å². The molecule has 0 amide bonds. The molecule has 0 saturated heterocycles. The summed E-state index contributed by atoms with van der Waals surface area (Å²) in [6.07, 6.45) is 0. The number of aromatic nitrogens is 1. The highest BCUT2D eigenvalue weighted by Gasteiger charge is 2.01. The molecule has 0 fully saturated rings. The number of hydrogen-bond acceptors (Lipinski definition) is 2. The molecule has 2 aromatic rings. The zero-order valence-electron chi connectivity index (χ0n) is 7.12. The Kier molecular flexibility index (Phi) is 2.47. The predicted octanol–water partition coefficient (Wildman–Crippen LogP) is 3.88. The number of pyridine rings is 1. The second-order valence-corrected chi connectivity index (χ2v) is 4.72. The minimum absolute atomic E-state index is 0.883. The van der Waals surface area contributed by atoms with Crippen molar-refractivity contribution in [2.45, 2.75) is 6.92 Å². The summed E-state index contributed by atoms with van der Waals surface area (Å²) in [5.74, 6) is 0.